The molecule has 69 valence electrons. The SMILES string of the molecule is CCCOc1ccc2c(c1)[CH]CO2. The molecule has 0 N–H and O–H groups in total. The highest BCUT2D eigenvalue weighted by Gasteiger charge is 2.12. The van der Waals surface area contributed by atoms with Crippen LogP contribution >= 0.6 is 0 Å². The lowest BCUT2D eigenvalue weighted by molar-refractivity contribution is 0.316. The van der Waals surface area contributed by atoms with Gasteiger partial charge in [-0.3, -0.25) is 0 Å². The van der Waals surface area contributed by atoms with Gasteiger partial charge in [0.25, 0.3) is 0 Å². The number of benzene rings is 1. The predicted molar refractivity (Wildman–Crippen MR) is 51.1 cm³/mol. The molecule has 2 nitrogen and oxygen atoms in total. The first kappa shape index (κ1) is 8.42. The molecule has 0 bridgehead atoms. The van der Waals surface area contributed by atoms with Crippen molar-refractivity contribution < 1.29 is 9.47 Å². The number of hydrogen-bond acceptors (Lipinski definition) is 2. The summed E-state index contributed by atoms with van der Waals surface area (Å²) in [5.41, 5.74) is 1.15. The first-order valence-electron chi connectivity index (χ1n) is 4.63. The molecule has 0 atom stereocenters. The molecular formula is C11H13O2. The van der Waals surface area contributed by atoms with Crippen molar-refractivity contribution in [2.24, 2.45) is 0 Å². The smallest absolute Gasteiger partial charge is 0.123 e. The van der Waals surface area contributed by atoms with Crippen LogP contribution in [0.4, 0.5) is 0 Å². The van der Waals surface area contributed by atoms with Crippen LogP contribution in [0.5, 0.6) is 11.5 Å². The molecule has 0 spiro atoms. The predicted octanol–water partition coefficient (Wildman–Crippen LogP) is 2.42. The average Bonchev–Trinajstić information content (AvgIpc) is 2.61. The Hall–Kier alpha value is -1.18. The van der Waals surface area contributed by atoms with Crippen molar-refractivity contribution in [3.8, 4) is 11.5 Å². The van der Waals surface area contributed by atoms with Crippen molar-refractivity contribution in [1.29, 1.82) is 0 Å². The molecule has 0 saturated heterocycles. The van der Waals surface area contributed by atoms with Gasteiger partial charge in [-0.2, -0.15) is 0 Å². The second-order valence-corrected chi connectivity index (χ2v) is 3.06. The fourth-order valence-corrected chi connectivity index (χ4v) is 1.35. The Bertz CT molecular complexity index is 294. The summed E-state index contributed by atoms with van der Waals surface area (Å²) in [6.07, 6.45) is 3.10. The van der Waals surface area contributed by atoms with E-state index in [1.54, 1.807) is 0 Å². The molecule has 13 heavy (non-hydrogen) atoms. The van der Waals surface area contributed by atoms with Crippen molar-refractivity contribution in [2.45, 2.75) is 13.3 Å². The van der Waals surface area contributed by atoms with E-state index in [2.05, 4.69) is 13.3 Å². The molecule has 1 aromatic rings. The van der Waals surface area contributed by atoms with E-state index in [9.17, 15) is 0 Å². The van der Waals surface area contributed by atoms with Crippen molar-refractivity contribution >= 4 is 0 Å². The van der Waals surface area contributed by atoms with Crippen LogP contribution in [0.2, 0.25) is 0 Å². The summed E-state index contributed by atoms with van der Waals surface area (Å²) in [6.45, 7) is 3.56. The first-order valence-corrected chi connectivity index (χ1v) is 4.63. The molecule has 0 aromatic heterocycles. The van der Waals surface area contributed by atoms with Crippen LogP contribution < -0.4 is 9.47 Å². The van der Waals surface area contributed by atoms with Gasteiger partial charge in [-0.25, -0.2) is 0 Å². The van der Waals surface area contributed by atoms with E-state index in [0.717, 1.165) is 30.1 Å². The molecule has 1 aliphatic rings. The highest BCUT2D eigenvalue weighted by atomic mass is 16.5. The van der Waals surface area contributed by atoms with Gasteiger partial charge in [-0.15, -0.1) is 0 Å². The van der Waals surface area contributed by atoms with Gasteiger partial charge in [0, 0.05) is 12.0 Å². The minimum Gasteiger partial charge on any atom is -0.494 e. The Balaban J connectivity index is 2.12. The van der Waals surface area contributed by atoms with Gasteiger partial charge in [-0.1, -0.05) is 6.92 Å². The maximum absolute atomic E-state index is 5.50. The molecule has 1 heterocycles. The summed E-state index contributed by atoms with van der Waals surface area (Å²) < 4.78 is 10.9. The van der Waals surface area contributed by atoms with Gasteiger partial charge in [-0.05, 0) is 24.6 Å². The van der Waals surface area contributed by atoms with Gasteiger partial charge in [0.2, 0.25) is 0 Å². The molecule has 0 fully saturated rings. The maximum atomic E-state index is 5.50. The topological polar surface area (TPSA) is 18.5 Å². The summed E-state index contributed by atoms with van der Waals surface area (Å²) in [7, 11) is 0. The third-order valence-electron chi connectivity index (χ3n) is 2.00. The molecule has 1 aromatic carbocycles. The first-order chi connectivity index (χ1) is 6.40. The van der Waals surface area contributed by atoms with Crippen LogP contribution in [0.25, 0.3) is 0 Å². The quantitative estimate of drug-likeness (QED) is 0.706. The van der Waals surface area contributed by atoms with Crippen molar-refractivity contribution in [2.75, 3.05) is 13.2 Å². The Labute approximate surface area is 78.5 Å². The summed E-state index contributed by atoms with van der Waals surface area (Å²) in [5.74, 6) is 1.89. The third-order valence-corrected chi connectivity index (χ3v) is 2.00. The van der Waals surface area contributed by atoms with Crippen LogP contribution in [0.1, 0.15) is 18.9 Å². The number of fused-ring (bicyclic) bond motifs is 1. The van der Waals surface area contributed by atoms with Crippen LogP contribution in [0.3, 0.4) is 0 Å². The fraction of sp³-hybridized carbons (Fsp3) is 0.364. The lowest BCUT2D eigenvalue weighted by Crippen LogP contribution is -1.94. The van der Waals surface area contributed by atoms with Crippen LogP contribution in [0, 0.1) is 6.42 Å². The molecule has 1 aliphatic heterocycles. The molecule has 2 heteroatoms. The van der Waals surface area contributed by atoms with Crippen LogP contribution in [-0.4, -0.2) is 13.2 Å². The van der Waals surface area contributed by atoms with Crippen molar-refractivity contribution in [3.63, 3.8) is 0 Å². The summed E-state index contributed by atoms with van der Waals surface area (Å²) in [6, 6.07) is 5.94. The number of rotatable bonds is 3. The highest BCUT2D eigenvalue weighted by Crippen LogP contribution is 2.29. The van der Waals surface area contributed by atoms with Crippen molar-refractivity contribution in [3.05, 3.63) is 30.2 Å². The Kier molecular flexibility index (Phi) is 2.39. The molecule has 2 rings (SSSR count). The van der Waals surface area contributed by atoms with Gasteiger partial charge >= 0.3 is 0 Å². The van der Waals surface area contributed by atoms with Crippen LogP contribution in [0.15, 0.2) is 18.2 Å². The Morgan fingerprint density at radius 1 is 1.46 bits per heavy atom. The number of ether oxygens (including phenoxy) is 2. The van der Waals surface area contributed by atoms with E-state index in [4.69, 9.17) is 9.47 Å². The monoisotopic (exact) mass is 177 g/mol. The highest BCUT2D eigenvalue weighted by molar-refractivity contribution is 5.47. The van der Waals surface area contributed by atoms with Gasteiger partial charge < -0.3 is 9.47 Å². The Morgan fingerprint density at radius 3 is 3.23 bits per heavy atom. The zero-order chi connectivity index (χ0) is 9.10. The molecule has 0 amide bonds. The standard InChI is InChI=1S/C11H13O2/c1-2-6-12-10-3-4-11-9(8-10)5-7-13-11/h3-5,8H,2,6-7H2,1H3. The molecular weight excluding hydrogens is 164 g/mol. The van der Waals surface area contributed by atoms with E-state index in [1.807, 2.05) is 18.2 Å². The van der Waals surface area contributed by atoms with E-state index in [-0.39, 0.29) is 0 Å². The van der Waals surface area contributed by atoms with Gasteiger partial charge in [0.1, 0.15) is 11.5 Å². The summed E-state index contributed by atoms with van der Waals surface area (Å²) >= 11 is 0. The molecule has 1 radical (unpaired) electrons. The zero-order valence-corrected chi connectivity index (χ0v) is 7.75. The molecule has 0 aliphatic carbocycles. The third kappa shape index (κ3) is 1.77. The largest absolute Gasteiger partial charge is 0.494 e. The van der Waals surface area contributed by atoms with Gasteiger partial charge in [0.05, 0.1) is 13.2 Å². The lowest BCUT2D eigenvalue weighted by Gasteiger charge is -2.05. The second kappa shape index (κ2) is 3.69. The minimum absolute atomic E-state index is 0.687. The van der Waals surface area contributed by atoms with Crippen LogP contribution in [-0.2, 0) is 0 Å². The Morgan fingerprint density at radius 2 is 2.38 bits per heavy atom. The lowest BCUT2D eigenvalue weighted by atomic mass is 10.2. The maximum Gasteiger partial charge on any atom is 0.123 e. The normalized spacial score (nSPS) is 13.6. The summed E-state index contributed by atoms with van der Waals surface area (Å²) in [5, 5.41) is 0. The van der Waals surface area contributed by atoms with E-state index >= 15 is 0 Å². The van der Waals surface area contributed by atoms with E-state index in [0.29, 0.717) is 6.61 Å². The van der Waals surface area contributed by atoms with E-state index < -0.39 is 0 Å². The second-order valence-electron chi connectivity index (χ2n) is 3.06. The zero-order valence-electron chi connectivity index (χ0n) is 7.75. The molecule has 0 saturated carbocycles. The van der Waals surface area contributed by atoms with Crippen molar-refractivity contribution in [1.82, 2.24) is 0 Å². The van der Waals surface area contributed by atoms with Gasteiger partial charge in [0.15, 0.2) is 0 Å². The minimum atomic E-state index is 0.687. The average molecular weight is 177 g/mol. The number of hydrogen-bond donors (Lipinski definition) is 0. The fourth-order valence-electron chi connectivity index (χ4n) is 1.35. The molecule has 0 unspecified atom stereocenters. The summed E-state index contributed by atoms with van der Waals surface area (Å²) in [4.78, 5) is 0. The van der Waals surface area contributed by atoms with E-state index in [1.165, 1.54) is 0 Å².